The van der Waals surface area contributed by atoms with Crippen LogP contribution in [-0.4, -0.2) is 52.1 Å². The summed E-state index contributed by atoms with van der Waals surface area (Å²) in [6.45, 7) is 2.08. The summed E-state index contributed by atoms with van der Waals surface area (Å²) < 4.78 is 23.2. The number of rotatable bonds is 0. The molecule has 224 valence electrons. The maximum absolute atomic E-state index is 13.8. The highest BCUT2D eigenvalue weighted by Gasteiger charge is 2.44. The van der Waals surface area contributed by atoms with Crippen molar-refractivity contribution in [3.63, 3.8) is 0 Å². The Morgan fingerprint density at radius 3 is 2.81 bits per heavy atom. The van der Waals surface area contributed by atoms with E-state index in [-0.39, 0.29) is 28.4 Å². The lowest BCUT2D eigenvalue weighted by Gasteiger charge is -2.45. The second-order valence-corrected chi connectivity index (χ2v) is 16.1. The molecule has 1 amide bonds. The summed E-state index contributed by atoms with van der Waals surface area (Å²) in [5.74, 6) is 5.20. The van der Waals surface area contributed by atoms with E-state index < -0.39 is 15.8 Å². The van der Waals surface area contributed by atoms with Gasteiger partial charge in [0.15, 0.2) is 0 Å². The molecule has 2 aromatic carbocycles. The number of anilines is 1. The predicted octanol–water partition coefficient (Wildman–Crippen LogP) is 5.69. The van der Waals surface area contributed by atoms with Crippen molar-refractivity contribution >= 4 is 38.8 Å². The Kier molecular flexibility index (Phi) is 7.35. The Morgan fingerprint density at radius 2 is 1.98 bits per heavy atom. The van der Waals surface area contributed by atoms with Crippen LogP contribution in [0.15, 0.2) is 48.6 Å². The quantitative estimate of drug-likeness (QED) is 0.297. The minimum absolute atomic E-state index is 0.188. The van der Waals surface area contributed by atoms with Crippen LogP contribution in [0.1, 0.15) is 72.9 Å². The second-order valence-electron chi connectivity index (χ2n) is 13.4. The summed E-state index contributed by atoms with van der Waals surface area (Å²) in [4.78, 5) is 16.0. The first-order valence-electron chi connectivity index (χ1n) is 15.6. The van der Waals surface area contributed by atoms with Crippen LogP contribution in [0.4, 0.5) is 5.69 Å². The average molecular weight is 609 g/mol. The van der Waals surface area contributed by atoms with Crippen LogP contribution in [-0.2, 0) is 21.5 Å². The van der Waals surface area contributed by atoms with Gasteiger partial charge in [0.25, 0.3) is 5.91 Å². The first kappa shape index (κ1) is 28.3. The topological polar surface area (TPSA) is 78.9 Å². The number of aliphatic hydroxyl groups excluding tert-OH is 1. The van der Waals surface area contributed by atoms with Crippen molar-refractivity contribution in [2.24, 2.45) is 17.8 Å². The molecule has 0 saturated heterocycles. The van der Waals surface area contributed by atoms with Crippen LogP contribution in [0.5, 0.6) is 5.75 Å². The molecule has 7 rings (SSSR count). The first-order valence-corrected chi connectivity index (χ1v) is 17.7. The molecular formula is C34H41ClN2O4S. The molecule has 3 aliphatic carbocycles. The van der Waals surface area contributed by atoms with E-state index in [0.29, 0.717) is 24.5 Å². The summed E-state index contributed by atoms with van der Waals surface area (Å²) in [7, 11) is -2.85. The van der Waals surface area contributed by atoms with E-state index in [1.54, 1.807) is 6.07 Å². The second kappa shape index (κ2) is 10.9. The third kappa shape index (κ3) is 5.16. The van der Waals surface area contributed by atoms with E-state index in [0.717, 1.165) is 80.9 Å². The van der Waals surface area contributed by atoms with Crippen LogP contribution >= 0.6 is 11.6 Å². The number of halogens is 1. The zero-order valence-electron chi connectivity index (χ0n) is 24.1. The fourth-order valence-corrected chi connectivity index (χ4v) is 10.1. The van der Waals surface area contributed by atoms with Crippen LogP contribution < -0.4 is 14.4 Å². The van der Waals surface area contributed by atoms with Crippen LogP contribution in [0.3, 0.4) is 0 Å². The van der Waals surface area contributed by atoms with Crippen molar-refractivity contribution in [1.82, 2.24) is 4.72 Å². The van der Waals surface area contributed by atoms with Gasteiger partial charge in [-0.05, 0) is 116 Å². The van der Waals surface area contributed by atoms with Gasteiger partial charge in [-0.3, -0.25) is 9.52 Å². The molecule has 8 heteroatoms. The zero-order valence-corrected chi connectivity index (χ0v) is 25.7. The molecule has 6 nitrogen and oxygen atoms in total. The SMILES string of the molecule is C=S1(=O)NC(=O)c2ccc3c(c2)N(C[C@@H]2CC[C@H]2[C@@H](O)/C=C/[C@H]2CCC[C@@H]1C2)C[C@@]1(CCCc2cc(Cl)ccc21)CO3. The highest BCUT2D eigenvalue weighted by molar-refractivity contribution is 7.99. The lowest BCUT2D eigenvalue weighted by molar-refractivity contribution is 0.0453. The molecule has 2 saturated carbocycles. The smallest absolute Gasteiger partial charge is 0.262 e. The Hall–Kier alpha value is -2.48. The monoisotopic (exact) mass is 608 g/mol. The number of allylic oxidation sites excluding steroid dienone is 1. The summed E-state index contributed by atoms with van der Waals surface area (Å²) in [5.41, 5.74) is 3.73. The van der Waals surface area contributed by atoms with E-state index >= 15 is 0 Å². The van der Waals surface area contributed by atoms with E-state index in [4.69, 9.17) is 16.3 Å². The van der Waals surface area contributed by atoms with Crippen molar-refractivity contribution < 1.29 is 18.8 Å². The molecule has 42 heavy (non-hydrogen) atoms. The zero-order chi connectivity index (χ0) is 29.1. The lowest BCUT2D eigenvalue weighted by Crippen LogP contribution is -2.49. The van der Waals surface area contributed by atoms with E-state index in [1.807, 2.05) is 24.3 Å². The Bertz CT molecular complexity index is 1520. The number of benzene rings is 2. The van der Waals surface area contributed by atoms with Gasteiger partial charge in [0.05, 0.1) is 28.1 Å². The molecule has 1 unspecified atom stereocenters. The fraction of sp³-hybridized carbons (Fsp3) is 0.529. The van der Waals surface area contributed by atoms with E-state index in [9.17, 15) is 14.1 Å². The molecule has 2 fully saturated rings. The minimum Gasteiger partial charge on any atom is -0.490 e. The van der Waals surface area contributed by atoms with Crippen LogP contribution in [0.2, 0.25) is 5.02 Å². The number of hydrogen-bond acceptors (Lipinski definition) is 5. The fourth-order valence-electron chi connectivity index (χ4n) is 8.22. The molecule has 2 aromatic rings. The largest absolute Gasteiger partial charge is 0.490 e. The lowest BCUT2D eigenvalue weighted by atomic mass is 9.68. The third-order valence-corrected chi connectivity index (χ3v) is 13.0. The van der Waals surface area contributed by atoms with Gasteiger partial charge < -0.3 is 14.7 Å². The van der Waals surface area contributed by atoms with Gasteiger partial charge in [0.2, 0.25) is 0 Å². The molecule has 2 N–H and O–H groups in total. The Morgan fingerprint density at radius 1 is 1.10 bits per heavy atom. The summed E-state index contributed by atoms with van der Waals surface area (Å²) >= 11 is 6.41. The van der Waals surface area contributed by atoms with Gasteiger partial charge in [0, 0.05) is 34.3 Å². The molecule has 2 aliphatic heterocycles. The van der Waals surface area contributed by atoms with Gasteiger partial charge in [-0.25, -0.2) is 4.21 Å². The molecule has 5 aliphatic rings. The average Bonchev–Trinajstić information content (AvgIpc) is 3.10. The van der Waals surface area contributed by atoms with Crippen LogP contribution in [0, 0.1) is 17.8 Å². The summed E-state index contributed by atoms with van der Waals surface area (Å²) in [5, 5.41) is 11.9. The Labute approximate surface area is 254 Å². The van der Waals surface area contributed by atoms with E-state index in [1.165, 1.54) is 11.1 Å². The van der Waals surface area contributed by atoms with Crippen molar-refractivity contribution in [3.05, 3.63) is 70.3 Å². The molecule has 0 aromatic heterocycles. The number of carbonyl (C=O) groups is 1. The minimum atomic E-state index is -2.85. The van der Waals surface area contributed by atoms with Crippen molar-refractivity contribution in [2.45, 2.75) is 74.6 Å². The highest BCUT2D eigenvalue weighted by Crippen LogP contribution is 2.47. The number of aliphatic hydroxyl groups is 1. The maximum atomic E-state index is 13.8. The number of aryl methyl sites for hydroxylation is 1. The standard InChI is InChI=1S/C34H41ClN2O4S/c1-42(40)27-6-2-4-22(16-27)7-13-31(38)28-11-8-25(28)19-37-20-34(15-3-5-23-17-26(35)10-12-29(23)34)21-41-32-14-9-24(18-30(32)37)33(39)36-42/h7,9-10,12-14,17-18,22,25,27-28,31,38H,1-6,8,11,15-16,19-21H2,(H,36,39,40)/b13-7+/t22-,25+,27-,28-,31+,34+,42?/m1/s1. The van der Waals surface area contributed by atoms with Gasteiger partial charge in [-0.1, -0.05) is 36.2 Å². The molecule has 1 spiro atoms. The first-order chi connectivity index (χ1) is 20.2. The number of amides is 1. The van der Waals surface area contributed by atoms with E-state index in [2.05, 4.69) is 33.7 Å². The number of ether oxygens (including phenoxy) is 1. The van der Waals surface area contributed by atoms with Crippen molar-refractivity contribution in [1.29, 1.82) is 0 Å². The third-order valence-electron chi connectivity index (χ3n) is 10.7. The maximum Gasteiger partial charge on any atom is 0.262 e. The van der Waals surface area contributed by atoms with Crippen LogP contribution in [0.25, 0.3) is 0 Å². The number of carbonyl (C=O) groups excluding carboxylic acids is 1. The van der Waals surface area contributed by atoms with Crippen molar-refractivity contribution in [3.8, 4) is 5.75 Å². The molecular weight excluding hydrogens is 568 g/mol. The number of fused-ring (bicyclic) bond motifs is 6. The van der Waals surface area contributed by atoms with Crippen molar-refractivity contribution in [2.75, 3.05) is 24.6 Å². The summed E-state index contributed by atoms with van der Waals surface area (Å²) in [6, 6.07) is 11.8. The predicted molar refractivity (Wildman–Crippen MR) is 170 cm³/mol. The van der Waals surface area contributed by atoms with Gasteiger partial charge >= 0.3 is 0 Å². The van der Waals surface area contributed by atoms with Gasteiger partial charge in [-0.15, -0.1) is 0 Å². The molecule has 7 atom stereocenters. The summed E-state index contributed by atoms with van der Waals surface area (Å²) in [6.07, 6.45) is 12.2. The Balaban J connectivity index is 1.30. The normalized spacial score (nSPS) is 36.9. The number of nitrogens with one attached hydrogen (secondary N) is 1. The highest BCUT2D eigenvalue weighted by atomic mass is 35.5. The van der Waals surface area contributed by atoms with Gasteiger partial charge in [0.1, 0.15) is 5.75 Å². The number of hydrogen-bond donors (Lipinski definition) is 2. The molecule has 4 bridgehead atoms. The molecule has 0 radical (unpaired) electrons. The molecule has 2 heterocycles. The number of nitrogens with zero attached hydrogens (tertiary/aromatic N) is 1. The van der Waals surface area contributed by atoms with Gasteiger partial charge in [-0.2, -0.15) is 0 Å².